The molecule has 1 aromatic carbocycles. The van der Waals surface area contributed by atoms with Gasteiger partial charge in [0.2, 0.25) is 0 Å². The summed E-state index contributed by atoms with van der Waals surface area (Å²) < 4.78 is 13.2. The molecule has 0 spiro atoms. The molecule has 104 valence electrons. The number of hydrogen-bond acceptors (Lipinski definition) is 2. The maximum atomic E-state index is 13.2. The van der Waals surface area contributed by atoms with Gasteiger partial charge >= 0.3 is 0 Å². The number of nitrogens with two attached hydrogens (primary N) is 1. The Labute approximate surface area is 119 Å². The van der Waals surface area contributed by atoms with Crippen molar-refractivity contribution in [2.24, 2.45) is 11.1 Å². The van der Waals surface area contributed by atoms with Crippen molar-refractivity contribution in [3.05, 3.63) is 34.6 Å². The summed E-state index contributed by atoms with van der Waals surface area (Å²) in [5.74, 6) is -0.521. The summed E-state index contributed by atoms with van der Waals surface area (Å²) in [6.07, 6.45) is -0.374. The quantitative estimate of drug-likeness (QED) is 0.893. The summed E-state index contributed by atoms with van der Waals surface area (Å²) in [5, 5.41) is 10.0. The van der Waals surface area contributed by atoms with Crippen molar-refractivity contribution in [1.29, 1.82) is 0 Å². The Balaban J connectivity index is 0.00000289. The summed E-state index contributed by atoms with van der Waals surface area (Å²) in [4.78, 5) is 0. The van der Waals surface area contributed by atoms with Gasteiger partial charge in [0.15, 0.2) is 0 Å². The second-order valence-corrected chi connectivity index (χ2v) is 5.80. The molecule has 1 aromatic rings. The molecular weight excluding hydrogens is 276 g/mol. The van der Waals surface area contributed by atoms with Crippen LogP contribution in [0.1, 0.15) is 38.9 Å². The van der Waals surface area contributed by atoms with Crippen molar-refractivity contribution in [2.75, 3.05) is 0 Å². The summed E-state index contributed by atoms with van der Waals surface area (Å²) >= 11 is 5.58. The fourth-order valence-electron chi connectivity index (χ4n) is 1.45. The van der Waals surface area contributed by atoms with Crippen molar-refractivity contribution >= 4 is 24.0 Å². The van der Waals surface area contributed by atoms with Crippen LogP contribution in [-0.4, -0.2) is 11.1 Å². The second kappa shape index (κ2) is 6.71. The van der Waals surface area contributed by atoms with Crippen LogP contribution < -0.4 is 5.73 Å². The zero-order chi connectivity index (χ0) is 13.2. The van der Waals surface area contributed by atoms with Gasteiger partial charge in [0.1, 0.15) is 5.82 Å². The number of halogens is 3. The Kier molecular flexibility index (Phi) is 6.58. The van der Waals surface area contributed by atoms with E-state index in [2.05, 4.69) is 0 Å². The highest BCUT2D eigenvalue weighted by atomic mass is 35.5. The monoisotopic (exact) mass is 295 g/mol. The Morgan fingerprint density at radius 2 is 1.94 bits per heavy atom. The highest BCUT2D eigenvalue weighted by molar-refractivity contribution is 6.30. The minimum Gasteiger partial charge on any atom is -0.388 e. The van der Waals surface area contributed by atoms with Gasteiger partial charge in [0.05, 0.1) is 11.1 Å². The Bertz CT molecular complexity index is 393. The number of benzene rings is 1. The summed E-state index contributed by atoms with van der Waals surface area (Å²) in [6.45, 7) is 6.02. The molecule has 0 bridgehead atoms. The molecule has 0 heterocycles. The normalized spacial score (nSPS) is 14.8. The predicted octanol–water partition coefficient (Wildman–Crippen LogP) is 3.70. The number of aliphatic hydroxyl groups excluding tert-OH is 1. The predicted molar refractivity (Wildman–Crippen MR) is 75.7 cm³/mol. The number of hydrogen-bond donors (Lipinski definition) is 2. The molecule has 18 heavy (non-hydrogen) atoms. The molecule has 0 saturated heterocycles. The van der Waals surface area contributed by atoms with Crippen LogP contribution >= 0.6 is 24.0 Å². The highest BCUT2D eigenvalue weighted by Gasteiger charge is 2.24. The molecule has 0 fully saturated rings. The molecule has 0 radical (unpaired) electrons. The van der Waals surface area contributed by atoms with Crippen LogP contribution in [0.4, 0.5) is 4.39 Å². The van der Waals surface area contributed by atoms with Crippen LogP contribution in [-0.2, 0) is 0 Å². The fourth-order valence-corrected chi connectivity index (χ4v) is 1.57. The summed E-state index contributed by atoms with van der Waals surface area (Å²) in [6, 6.07) is 4.16. The van der Waals surface area contributed by atoms with Gasteiger partial charge in [-0.1, -0.05) is 38.4 Å². The van der Waals surface area contributed by atoms with Crippen LogP contribution in [0.3, 0.4) is 0 Å². The average molecular weight is 296 g/mol. The first-order valence-corrected chi connectivity index (χ1v) is 5.98. The van der Waals surface area contributed by atoms with E-state index in [1.165, 1.54) is 12.1 Å². The average Bonchev–Trinajstić information content (AvgIpc) is 2.20. The van der Waals surface area contributed by atoms with Crippen LogP contribution in [0, 0.1) is 11.2 Å². The summed E-state index contributed by atoms with van der Waals surface area (Å²) in [7, 11) is 0. The molecule has 0 unspecified atom stereocenters. The molecular formula is C13H20Cl2FNO. The smallest absolute Gasteiger partial charge is 0.142 e. The Morgan fingerprint density at radius 3 is 2.39 bits per heavy atom. The molecule has 2 atom stereocenters. The fraction of sp³-hybridized carbons (Fsp3) is 0.538. The third-order valence-corrected chi connectivity index (χ3v) is 3.22. The summed E-state index contributed by atoms with van der Waals surface area (Å²) in [5.41, 5.74) is 6.39. The molecule has 0 aliphatic rings. The van der Waals surface area contributed by atoms with Crippen molar-refractivity contribution < 1.29 is 9.50 Å². The molecule has 0 saturated carbocycles. The van der Waals surface area contributed by atoms with Crippen molar-refractivity contribution in [1.82, 2.24) is 0 Å². The van der Waals surface area contributed by atoms with Crippen molar-refractivity contribution in [3.8, 4) is 0 Å². The van der Waals surface area contributed by atoms with E-state index in [1.807, 2.05) is 20.8 Å². The lowest BCUT2D eigenvalue weighted by Gasteiger charge is -2.29. The first-order chi connectivity index (χ1) is 7.71. The topological polar surface area (TPSA) is 46.2 Å². The molecule has 0 aliphatic heterocycles. The molecule has 1 rings (SSSR count). The molecule has 5 heteroatoms. The van der Waals surface area contributed by atoms with Gasteiger partial charge in [0, 0.05) is 6.04 Å². The van der Waals surface area contributed by atoms with Gasteiger partial charge < -0.3 is 10.8 Å². The largest absolute Gasteiger partial charge is 0.388 e. The molecule has 0 amide bonds. The lowest BCUT2D eigenvalue weighted by molar-refractivity contribution is 0.133. The van der Waals surface area contributed by atoms with Gasteiger partial charge in [-0.05, 0) is 29.5 Å². The van der Waals surface area contributed by atoms with E-state index in [-0.39, 0.29) is 28.9 Å². The maximum Gasteiger partial charge on any atom is 0.142 e. The molecule has 0 aromatic heterocycles. The van der Waals surface area contributed by atoms with Crippen molar-refractivity contribution in [3.63, 3.8) is 0 Å². The standard InChI is InChI=1S/C13H19ClFNO.ClH/c1-13(2,3)12(16)7-11(17)8-4-5-9(14)10(15)6-8;/h4-6,11-12,17H,7,16H2,1-3H3;1H/t11-,12-;/m1./s1. The van der Waals surface area contributed by atoms with Crippen LogP contribution in [0.2, 0.25) is 5.02 Å². The van der Waals surface area contributed by atoms with Gasteiger partial charge in [0.25, 0.3) is 0 Å². The second-order valence-electron chi connectivity index (χ2n) is 5.40. The Hall–Kier alpha value is -0.350. The molecule has 2 nitrogen and oxygen atoms in total. The molecule has 3 N–H and O–H groups in total. The van der Waals surface area contributed by atoms with E-state index >= 15 is 0 Å². The number of aliphatic hydroxyl groups is 1. The minimum atomic E-state index is -0.768. The lowest BCUT2D eigenvalue weighted by Crippen LogP contribution is -2.36. The van der Waals surface area contributed by atoms with E-state index in [0.717, 1.165) is 0 Å². The van der Waals surface area contributed by atoms with E-state index < -0.39 is 11.9 Å². The number of rotatable bonds is 3. The zero-order valence-electron chi connectivity index (χ0n) is 10.8. The van der Waals surface area contributed by atoms with Gasteiger partial charge in [-0.2, -0.15) is 0 Å². The third kappa shape index (κ3) is 4.73. The van der Waals surface area contributed by atoms with E-state index in [0.29, 0.717) is 12.0 Å². The maximum absolute atomic E-state index is 13.2. The van der Waals surface area contributed by atoms with Gasteiger partial charge in [-0.3, -0.25) is 0 Å². The van der Waals surface area contributed by atoms with E-state index in [9.17, 15) is 9.50 Å². The minimum absolute atomic E-state index is 0. The highest BCUT2D eigenvalue weighted by Crippen LogP contribution is 2.28. The van der Waals surface area contributed by atoms with Gasteiger partial charge in [-0.15, -0.1) is 12.4 Å². The van der Waals surface area contributed by atoms with E-state index in [4.69, 9.17) is 17.3 Å². The lowest BCUT2D eigenvalue weighted by atomic mass is 9.83. The van der Waals surface area contributed by atoms with Crippen LogP contribution in [0.25, 0.3) is 0 Å². The third-order valence-electron chi connectivity index (χ3n) is 2.92. The SMILES string of the molecule is CC(C)(C)[C@H](N)C[C@@H](O)c1ccc(Cl)c(F)c1.Cl. The van der Waals surface area contributed by atoms with E-state index in [1.54, 1.807) is 6.07 Å². The van der Waals surface area contributed by atoms with Crippen LogP contribution in [0.15, 0.2) is 18.2 Å². The zero-order valence-corrected chi connectivity index (χ0v) is 12.4. The first-order valence-electron chi connectivity index (χ1n) is 5.60. The molecule has 0 aliphatic carbocycles. The van der Waals surface area contributed by atoms with Gasteiger partial charge in [-0.25, -0.2) is 4.39 Å². The Morgan fingerprint density at radius 1 is 1.39 bits per heavy atom. The first kappa shape index (κ1) is 17.6. The van der Waals surface area contributed by atoms with Crippen molar-refractivity contribution in [2.45, 2.75) is 39.3 Å². The van der Waals surface area contributed by atoms with Crippen LogP contribution in [0.5, 0.6) is 0 Å².